The summed E-state index contributed by atoms with van der Waals surface area (Å²) in [6.45, 7) is 0. The zero-order chi connectivity index (χ0) is 10.6. The van der Waals surface area contributed by atoms with Gasteiger partial charge in [0.1, 0.15) is 11.9 Å². The fourth-order valence-corrected chi connectivity index (χ4v) is 2.35. The zero-order valence-corrected chi connectivity index (χ0v) is 9.13. The van der Waals surface area contributed by atoms with Gasteiger partial charge < -0.3 is 9.79 Å². The van der Waals surface area contributed by atoms with Gasteiger partial charge in [-0.1, -0.05) is 0 Å². The number of ketones is 1. The van der Waals surface area contributed by atoms with E-state index < -0.39 is 13.8 Å². The monoisotopic (exact) mass is 234 g/mol. The Bertz CT molecular complexity index is 340. The molecule has 0 radical (unpaired) electrons. The van der Waals surface area contributed by atoms with Gasteiger partial charge in [0.05, 0.1) is 0 Å². The Hall–Kier alpha value is -0.480. The van der Waals surface area contributed by atoms with E-state index in [1.807, 2.05) is 16.8 Å². The summed E-state index contributed by atoms with van der Waals surface area (Å²) >= 11 is 1.54. The second-order valence-corrected chi connectivity index (χ2v) is 5.42. The highest BCUT2D eigenvalue weighted by Gasteiger charge is 2.18. The summed E-state index contributed by atoms with van der Waals surface area (Å²) in [6.07, 6.45) is 0.112. The Morgan fingerprint density at radius 3 is 2.71 bits per heavy atom. The summed E-state index contributed by atoms with van der Waals surface area (Å²) < 4.78 is 10.5. The predicted octanol–water partition coefficient (Wildman–Crippen LogP) is 1.43. The van der Waals surface area contributed by atoms with Gasteiger partial charge in [-0.2, -0.15) is 11.3 Å². The average molecular weight is 234 g/mol. The van der Waals surface area contributed by atoms with Gasteiger partial charge in [-0.25, -0.2) is 0 Å². The van der Waals surface area contributed by atoms with Crippen molar-refractivity contribution >= 4 is 24.7 Å². The van der Waals surface area contributed by atoms with Crippen LogP contribution in [0, 0.1) is 0 Å². The van der Waals surface area contributed by atoms with Gasteiger partial charge >= 0.3 is 7.60 Å². The lowest BCUT2D eigenvalue weighted by Crippen LogP contribution is -2.06. The van der Waals surface area contributed by atoms with Crippen molar-refractivity contribution in [2.75, 3.05) is 6.16 Å². The van der Waals surface area contributed by atoms with Gasteiger partial charge in [-0.15, -0.1) is 0 Å². The summed E-state index contributed by atoms with van der Waals surface area (Å²) in [5, 5.41) is 3.83. The van der Waals surface area contributed by atoms with E-state index in [0.29, 0.717) is 6.42 Å². The van der Waals surface area contributed by atoms with Crippen LogP contribution >= 0.6 is 18.9 Å². The molecule has 0 unspecified atom stereocenters. The first-order valence-electron chi connectivity index (χ1n) is 4.05. The van der Waals surface area contributed by atoms with Crippen molar-refractivity contribution in [1.82, 2.24) is 0 Å². The number of rotatable bonds is 5. The number of carbonyl (C=O) groups is 1. The molecule has 0 aromatic carbocycles. The quantitative estimate of drug-likeness (QED) is 0.756. The Morgan fingerprint density at radius 2 is 2.21 bits per heavy atom. The third kappa shape index (κ3) is 4.67. The van der Waals surface area contributed by atoms with E-state index in [1.54, 1.807) is 0 Å². The normalized spacial score (nSPS) is 11.6. The van der Waals surface area contributed by atoms with Crippen molar-refractivity contribution in [1.29, 1.82) is 0 Å². The SMILES string of the molecule is O=C(CCc1ccsc1)CP(=O)(O)O. The lowest BCUT2D eigenvalue weighted by Gasteiger charge is -2.01. The maximum atomic E-state index is 11.1. The van der Waals surface area contributed by atoms with Gasteiger partial charge in [0.2, 0.25) is 0 Å². The first-order chi connectivity index (χ1) is 6.47. The van der Waals surface area contributed by atoms with Gasteiger partial charge in [0, 0.05) is 6.42 Å². The largest absolute Gasteiger partial charge is 0.332 e. The van der Waals surface area contributed by atoms with Crippen molar-refractivity contribution in [2.45, 2.75) is 12.8 Å². The highest BCUT2D eigenvalue weighted by Crippen LogP contribution is 2.34. The molecule has 2 N–H and O–H groups in total. The molecule has 0 spiro atoms. The number of thiophene rings is 1. The summed E-state index contributed by atoms with van der Waals surface area (Å²) in [4.78, 5) is 28.1. The van der Waals surface area contributed by atoms with Gasteiger partial charge in [0.25, 0.3) is 0 Å². The zero-order valence-electron chi connectivity index (χ0n) is 7.42. The molecular formula is C8H11O4PS. The number of aryl methyl sites for hydroxylation is 1. The second kappa shape index (κ2) is 4.84. The fourth-order valence-electron chi connectivity index (χ4n) is 1.03. The Balaban J connectivity index is 2.32. The molecule has 1 aromatic rings. The topological polar surface area (TPSA) is 74.6 Å². The van der Waals surface area contributed by atoms with E-state index >= 15 is 0 Å². The van der Waals surface area contributed by atoms with E-state index in [-0.39, 0.29) is 12.2 Å². The van der Waals surface area contributed by atoms with Crippen LogP contribution in [0.1, 0.15) is 12.0 Å². The van der Waals surface area contributed by atoms with Crippen molar-refractivity contribution in [3.05, 3.63) is 22.4 Å². The van der Waals surface area contributed by atoms with Crippen LogP contribution in [0.2, 0.25) is 0 Å². The molecule has 14 heavy (non-hydrogen) atoms. The van der Waals surface area contributed by atoms with Crippen LogP contribution in [0.5, 0.6) is 0 Å². The molecule has 6 heteroatoms. The minimum atomic E-state index is -4.18. The minimum Gasteiger partial charge on any atom is -0.324 e. The highest BCUT2D eigenvalue weighted by atomic mass is 32.1. The first-order valence-corrected chi connectivity index (χ1v) is 6.79. The third-order valence-electron chi connectivity index (χ3n) is 1.65. The summed E-state index contributed by atoms with van der Waals surface area (Å²) in [5.41, 5.74) is 1.04. The highest BCUT2D eigenvalue weighted by molar-refractivity contribution is 7.52. The molecule has 4 nitrogen and oxygen atoms in total. The summed E-state index contributed by atoms with van der Waals surface area (Å²) in [5.74, 6) is -0.385. The Labute approximate surface area is 85.7 Å². The second-order valence-electron chi connectivity index (χ2n) is 2.99. The molecule has 78 valence electrons. The molecule has 0 atom stereocenters. The molecular weight excluding hydrogens is 223 g/mol. The van der Waals surface area contributed by atoms with Crippen molar-refractivity contribution in [3.8, 4) is 0 Å². The predicted molar refractivity (Wildman–Crippen MR) is 54.6 cm³/mol. The maximum Gasteiger partial charge on any atom is 0.332 e. The van der Waals surface area contributed by atoms with Crippen LogP contribution < -0.4 is 0 Å². The van der Waals surface area contributed by atoms with Crippen LogP contribution in [0.15, 0.2) is 16.8 Å². The molecule has 0 fully saturated rings. The van der Waals surface area contributed by atoms with E-state index in [4.69, 9.17) is 9.79 Å². The van der Waals surface area contributed by atoms with Crippen LogP contribution in [-0.4, -0.2) is 21.7 Å². The third-order valence-corrected chi connectivity index (χ3v) is 3.15. The minimum absolute atomic E-state index is 0.196. The molecule has 1 rings (SSSR count). The summed E-state index contributed by atoms with van der Waals surface area (Å²) in [6, 6.07) is 1.90. The maximum absolute atomic E-state index is 11.1. The van der Waals surface area contributed by atoms with Crippen molar-refractivity contribution < 1.29 is 19.1 Å². The van der Waals surface area contributed by atoms with Crippen LogP contribution in [0.3, 0.4) is 0 Å². The van der Waals surface area contributed by atoms with E-state index in [1.165, 1.54) is 11.3 Å². The molecule has 0 saturated heterocycles. The van der Waals surface area contributed by atoms with E-state index in [9.17, 15) is 9.36 Å². The van der Waals surface area contributed by atoms with E-state index in [2.05, 4.69) is 0 Å². The molecule has 1 heterocycles. The van der Waals surface area contributed by atoms with Gasteiger partial charge in [-0.3, -0.25) is 9.36 Å². The molecule has 0 amide bonds. The lowest BCUT2D eigenvalue weighted by atomic mass is 10.1. The van der Waals surface area contributed by atoms with Crippen LogP contribution in [-0.2, 0) is 15.8 Å². The Kier molecular flexibility index (Phi) is 4.01. The molecule has 0 aliphatic carbocycles. The number of hydrogen-bond acceptors (Lipinski definition) is 3. The number of hydrogen-bond donors (Lipinski definition) is 2. The lowest BCUT2D eigenvalue weighted by molar-refractivity contribution is -0.116. The molecule has 0 bridgehead atoms. The number of Topliss-reactive ketones (excluding diaryl/α,β-unsaturated/α-hetero) is 1. The summed E-state index contributed by atoms with van der Waals surface area (Å²) in [7, 11) is -4.18. The fraction of sp³-hybridized carbons (Fsp3) is 0.375. The smallest absolute Gasteiger partial charge is 0.324 e. The van der Waals surface area contributed by atoms with Crippen LogP contribution in [0.25, 0.3) is 0 Å². The first kappa shape index (κ1) is 11.6. The van der Waals surface area contributed by atoms with Crippen molar-refractivity contribution in [2.24, 2.45) is 0 Å². The Morgan fingerprint density at radius 1 is 1.50 bits per heavy atom. The molecule has 0 aliphatic heterocycles. The molecule has 0 saturated carbocycles. The number of carbonyl (C=O) groups excluding carboxylic acids is 1. The van der Waals surface area contributed by atoms with Crippen molar-refractivity contribution in [3.63, 3.8) is 0 Å². The van der Waals surface area contributed by atoms with Gasteiger partial charge in [-0.05, 0) is 28.8 Å². The molecule has 0 aliphatic rings. The molecule has 1 aromatic heterocycles. The van der Waals surface area contributed by atoms with E-state index in [0.717, 1.165) is 5.56 Å². The van der Waals surface area contributed by atoms with Gasteiger partial charge in [0.15, 0.2) is 0 Å². The average Bonchev–Trinajstić information content (AvgIpc) is 2.49. The van der Waals surface area contributed by atoms with Crippen LogP contribution in [0.4, 0.5) is 0 Å². The standard InChI is InChI=1S/C8H11O4PS/c9-8(5-13(10,11)12)2-1-7-3-4-14-6-7/h3-4,6H,1-2,5H2,(H2,10,11,12).